The van der Waals surface area contributed by atoms with Crippen LogP contribution in [0, 0.1) is 17.2 Å². The van der Waals surface area contributed by atoms with Crippen LogP contribution in [0.4, 0.5) is 13.2 Å². The molecule has 0 amide bonds. The molecule has 0 aromatic rings. The van der Waals surface area contributed by atoms with Gasteiger partial charge in [0.15, 0.2) is 5.92 Å². The number of rotatable bonds is 7. The molecule has 17 heavy (non-hydrogen) atoms. The van der Waals surface area contributed by atoms with Gasteiger partial charge in [-0.1, -0.05) is 13.8 Å². The molecular weight excluding hydrogens is 233 g/mol. The molecule has 0 radical (unpaired) electrons. The quantitative estimate of drug-likeness (QED) is 0.755. The smallest absolute Gasteiger partial charge is 0.395 e. The van der Waals surface area contributed by atoms with Crippen LogP contribution < -0.4 is 0 Å². The first kappa shape index (κ1) is 16.2. The molecule has 0 spiro atoms. The summed E-state index contributed by atoms with van der Waals surface area (Å²) in [4.78, 5) is 1.54. The first-order valence-corrected chi connectivity index (χ1v) is 5.71. The average Bonchev–Trinajstić information content (AvgIpc) is 2.25. The van der Waals surface area contributed by atoms with Crippen molar-refractivity contribution in [3.8, 4) is 6.07 Å². The molecule has 0 aromatic carbocycles. The molecule has 0 aromatic heterocycles. The van der Waals surface area contributed by atoms with Crippen molar-refractivity contribution in [2.45, 2.75) is 38.9 Å². The predicted octanol–water partition coefficient (Wildman–Crippen LogP) is 2.17. The maximum absolute atomic E-state index is 12.5. The minimum Gasteiger partial charge on any atom is -0.395 e. The van der Waals surface area contributed by atoms with E-state index in [1.165, 1.54) is 6.07 Å². The minimum atomic E-state index is -4.51. The maximum atomic E-state index is 12.5. The van der Waals surface area contributed by atoms with Crippen LogP contribution in [0.5, 0.6) is 0 Å². The van der Waals surface area contributed by atoms with Crippen molar-refractivity contribution in [3.05, 3.63) is 0 Å². The van der Waals surface area contributed by atoms with Crippen LogP contribution in [0.3, 0.4) is 0 Å². The second kappa shape index (κ2) is 7.51. The van der Waals surface area contributed by atoms with Gasteiger partial charge in [-0.05, 0) is 12.8 Å². The minimum absolute atomic E-state index is 0.0275. The number of hydrogen-bond acceptors (Lipinski definition) is 3. The Morgan fingerprint density at radius 2 is 1.82 bits per heavy atom. The van der Waals surface area contributed by atoms with Crippen LogP contribution in [0.25, 0.3) is 0 Å². The van der Waals surface area contributed by atoms with E-state index >= 15 is 0 Å². The lowest BCUT2D eigenvalue weighted by molar-refractivity contribution is -0.164. The van der Waals surface area contributed by atoms with Crippen LogP contribution >= 0.6 is 0 Å². The summed E-state index contributed by atoms with van der Waals surface area (Å²) in [6, 6.07) is 1.26. The SMILES string of the molecule is CCC(CC)N(CCO)CC(C#N)C(F)(F)F. The molecule has 0 saturated heterocycles. The third kappa shape index (κ3) is 5.37. The van der Waals surface area contributed by atoms with Gasteiger partial charge in [0, 0.05) is 19.1 Å². The van der Waals surface area contributed by atoms with Gasteiger partial charge in [-0.15, -0.1) is 0 Å². The first-order valence-electron chi connectivity index (χ1n) is 5.71. The molecule has 0 aliphatic heterocycles. The van der Waals surface area contributed by atoms with Crippen molar-refractivity contribution >= 4 is 0 Å². The second-order valence-electron chi connectivity index (χ2n) is 3.91. The summed E-state index contributed by atoms with van der Waals surface area (Å²) in [5.74, 6) is -1.99. The van der Waals surface area contributed by atoms with E-state index in [1.54, 1.807) is 4.90 Å². The number of nitrogens with zero attached hydrogens (tertiary/aromatic N) is 2. The summed E-state index contributed by atoms with van der Waals surface area (Å²) in [7, 11) is 0. The molecule has 1 N–H and O–H groups in total. The van der Waals surface area contributed by atoms with Gasteiger partial charge in [-0.2, -0.15) is 18.4 Å². The fraction of sp³-hybridized carbons (Fsp3) is 0.909. The Hall–Kier alpha value is -0.800. The number of hydrogen-bond donors (Lipinski definition) is 1. The van der Waals surface area contributed by atoms with Crippen LogP contribution in [-0.4, -0.2) is 41.9 Å². The summed E-state index contributed by atoms with van der Waals surface area (Å²) in [6.45, 7) is 3.36. The topological polar surface area (TPSA) is 47.3 Å². The van der Waals surface area contributed by atoms with Crippen molar-refractivity contribution in [1.29, 1.82) is 5.26 Å². The van der Waals surface area contributed by atoms with E-state index in [0.29, 0.717) is 12.8 Å². The Labute approximate surface area is 99.8 Å². The van der Waals surface area contributed by atoms with Crippen molar-refractivity contribution in [1.82, 2.24) is 4.90 Å². The molecule has 0 fully saturated rings. The fourth-order valence-corrected chi connectivity index (χ4v) is 1.81. The Bertz CT molecular complexity index is 246. The van der Waals surface area contributed by atoms with Gasteiger partial charge in [-0.25, -0.2) is 0 Å². The lowest BCUT2D eigenvalue weighted by Gasteiger charge is -2.31. The molecule has 0 heterocycles. The summed E-state index contributed by atoms with van der Waals surface area (Å²) < 4.78 is 37.4. The molecule has 100 valence electrons. The van der Waals surface area contributed by atoms with Crippen LogP contribution in [0.15, 0.2) is 0 Å². The summed E-state index contributed by atoms with van der Waals surface area (Å²) in [5.41, 5.74) is 0. The standard InChI is InChI=1S/C11H19F3N2O/c1-3-10(4-2)16(5-6-17)8-9(7-15)11(12,13)14/h9-10,17H,3-6,8H2,1-2H3. The van der Waals surface area contributed by atoms with E-state index in [4.69, 9.17) is 10.4 Å². The summed E-state index contributed by atoms with van der Waals surface area (Å²) in [5, 5.41) is 17.4. The molecule has 1 atom stereocenters. The zero-order valence-corrected chi connectivity index (χ0v) is 10.2. The first-order chi connectivity index (χ1) is 7.90. The Balaban J connectivity index is 4.68. The van der Waals surface area contributed by atoms with Crippen molar-refractivity contribution in [2.75, 3.05) is 19.7 Å². The molecule has 1 unspecified atom stereocenters. The van der Waals surface area contributed by atoms with Gasteiger partial charge < -0.3 is 5.11 Å². The molecule has 0 bridgehead atoms. The van der Waals surface area contributed by atoms with Crippen molar-refractivity contribution in [3.63, 3.8) is 0 Å². The van der Waals surface area contributed by atoms with Gasteiger partial charge in [0.05, 0.1) is 12.7 Å². The number of nitriles is 1. The largest absolute Gasteiger partial charge is 0.405 e. The molecule has 0 aliphatic carbocycles. The summed E-state index contributed by atoms with van der Waals surface area (Å²) in [6.07, 6.45) is -3.10. The Morgan fingerprint density at radius 3 is 2.12 bits per heavy atom. The van der Waals surface area contributed by atoms with Crippen LogP contribution in [-0.2, 0) is 0 Å². The highest BCUT2D eigenvalue weighted by atomic mass is 19.4. The van der Waals surface area contributed by atoms with Crippen molar-refractivity contribution < 1.29 is 18.3 Å². The highest BCUT2D eigenvalue weighted by Crippen LogP contribution is 2.27. The Morgan fingerprint density at radius 1 is 1.29 bits per heavy atom. The number of alkyl halides is 3. The van der Waals surface area contributed by atoms with E-state index in [1.807, 2.05) is 13.8 Å². The van der Waals surface area contributed by atoms with E-state index in [2.05, 4.69) is 0 Å². The maximum Gasteiger partial charge on any atom is 0.405 e. The van der Waals surface area contributed by atoms with Gasteiger partial charge in [-0.3, -0.25) is 4.90 Å². The predicted molar refractivity (Wildman–Crippen MR) is 58.2 cm³/mol. The summed E-state index contributed by atoms with van der Waals surface area (Å²) >= 11 is 0. The average molecular weight is 252 g/mol. The number of aliphatic hydroxyl groups is 1. The van der Waals surface area contributed by atoms with E-state index < -0.39 is 12.1 Å². The monoisotopic (exact) mass is 252 g/mol. The molecule has 0 rings (SSSR count). The van der Waals surface area contributed by atoms with Gasteiger partial charge in [0.25, 0.3) is 0 Å². The third-order valence-electron chi connectivity index (χ3n) is 2.81. The molecule has 0 aliphatic rings. The Kier molecular flexibility index (Phi) is 7.16. The van der Waals surface area contributed by atoms with Crippen LogP contribution in [0.2, 0.25) is 0 Å². The normalized spacial score (nSPS) is 14.1. The van der Waals surface area contributed by atoms with E-state index in [-0.39, 0.29) is 25.7 Å². The fourth-order valence-electron chi connectivity index (χ4n) is 1.81. The molecule has 3 nitrogen and oxygen atoms in total. The van der Waals surface area contributed by atoms with Gasteiger partial charge in [0.2, 0.25) is 0 Å². The lowest BCUT2D eigenvalue weighted by atomic mass is 10.1. The van der Waals surface area contributed by atoms with E-state index in [9.17, 15) is 13.2 Å². The van der Waals surface area contributed by atoms with E-state index in [0.717, 1.165) is 0 Å². The number of aliphatic hydroxyl groups excluding tert-OH is 1. The zero-order valence-electron chi connectivity index (χ0n) is 10.2. The third-order valence-corrected chi connectivity index (χ3v) is 2.81. The second-order valence-corrected chi connectivity index (χ2v) is 3.91. The molecular formula is C11H19F3N2O. The molecule has 0 saturated carbocycles. The zero-order chi connectivity index (χ0) is 13.5. The molecule has 6 heteroatoms. The highest BCUT2D eigenvalue weighted by molar-refractivity contribution is 4.91. The van der Waals surface area contributed by atoms with Crippen LogP contribution in [0.1, 0.15) is 26.7 Å². The number of halogens is 3. The van der Waals surface area contributed by atoms with Gasteiger partial charge >= 0.3 is 6.18 Å². The van der Waals surface area contributed by atoms with Gasteiger partial charge in [0.1, 0.15) is 0 Å². The highest BCUT2D eigenvalue weighted by Gasteiger charge is 2.41. The lowest BCUT2D eigenvalue weighted by Crippen LogP contribution is -2.43. The van der Waals surface area contributed by atoms with Crippen molar-refractivity contribution in [2.24, 2.45) is 5.92 Å².